The van der Waals surface area contributed by atoms with Gasteiger partial charge in [-0.2, -0.15) is 0 Å². The standard InChI is InChI=1S/C42H29NO/c1-2-11-28(12-3-1)31-23-32(25-33(24-31)30-21-22-42-38(27-30)37-17-6-9-20-41(37)44-42)29-13-10-14-34(26-29)43-39-18-7-4-15-35(39)36-16-5-8-19-40(36)43/h1-8,10-19,21-27H,9,20H2. The summed E-state index contributed by atoms with van der Waals surface area (Å²) >= 11 is 0. The van der Waals surface area contributed by atoms with Crippen molar-refractivity contribution in [1.82, 2.24) is 4.57 Å². The first kappa shape index (κ1) is 24.9. The Morgan fingerprint density at radius 3 is 1.86 bits per heavy atom. The number of aromatic nitrogens is 1. The first-order valence-electron chi connectivity index (χ1n) is 15.3. The van der Waals surface area contributed by atoms with Crippen LogP contribution < -0.4 is 0 Å². The van der Waals surface area contributed by atoms with E-state index >= 15 is 0 Å². The van der Waals surface area contributed by atoms with Gasteiger partial charge < -0.3 is 8.98 Å². The molecule has 0 fully saturated rings. The summed E-state index contributed by atoms with van der Waals surface area (Å²) in [6, 6.07) is 50.6. The van der Waals surface area contributed by atoms with E-state index in [4.69, 9.17) is 4.42 Å². The van der Waals surface area contributed by atoms with Crippen molar-refractivity contribution in [2.75, 3.05) is 0 Å². The lowest BCUT2D eigenvalue weighted by Crippen LogP contribution is -1.94. The number of furan rings is 1. The van der Waals surface area contributed by atoms with Gasteiger partial charge in [-0.05, 0) is 94.4 Å². The van der Waals surface area contributed by atoms with Gasteiger partial charge in [0.25, 0.3) is 0 Å². The van der Waals surface area contributed by atoms with E-state index in [1.165, 1.54) is 66.1 Å². The lowest BCUT2D eigenvalue weighted by atomic mass is 9.92. The Labute approximate surface area is 256 Å². The first-order valence-corrected chi connectivity index (χ1v) is 15.3. The minimum Gasteiger partial charge on any atom is -0.460 e. The summed E-state index contributed by atoms with van der Waals surface area (Å²) in [7, 11) is 0. The molecule has 0 aliphatic heterocycles. The molecule has 0 N–H and O–H groups in total. The molecule has 2 heteroatoms. The monoisotopic (exact) mass is 563 g/mol. The van der Waals surface area contributed by atoms with Crippen LogP contribution in [-0.2, 0) is 6.42 Å². The summed E-state index contributed by atoms with van der Waals surface area (Å²) in [4.78, 5) is 0. The predicted molar refractivity (Wildman–Crippen MR) is 184 cm³/mol. The van der Waals surface area contributed by atoms with Crippen LogP contribution in [-0.4, -0.2) is 4.57 Å². The Kier molecular flexibility index (Phi) is 5.67. The Morgan fingerprint density at radius 1 is 0.477 bits per heavy atom. The molecular formula is C42H29NO. The van der Waals surface area contributed by atoms with E-state index in [1.807, 2.05) is 0 Å². The normalized spacial score (nSPS) is 12.7. The fourth-order valence-electron chi connectivity index (χ4n) is 6.91. The molecule has 9 rings (SSSR count). The molecule has 0 amide bonds. The molecule has 44 heavy (non-hydrogen) atoms. The predicted octanol–water partition coefficient (Wildman–Crippen LogP) is 11.5. The summed E-state index contributed by atoms with van der Waals surface area (Å²) in [6.45, 7) is 0. The van der Waals surface area contributed by atoms with Gasteiger partial charge in [0.15, 0.2) is 0 Å². The molecule has 1 aliphatic carbocycles. The highest BCUT2D eigenvalue weighted by atomic mass is 16.3. The van der Waals surface area contributed by atoms with E-state index in [2.05, 4.69) is 156 Å². The SMILES string of the molecule is C1=Cc2c(oc3ccc(-c4cc(-c5ccccc5)cc(-c5cccc(-n6c7ccccc7c7ccccc76)c5)c4)cc23)CC1. The van der Waals surface area contributed by atoms with Crippen molar-refractivity contribution < 1.29 is 4.42 Å². The van der Waals surface area contributed by atoms with E-state index in [9.17, 15) is 0 Å². The lowest BCUT2D eigenvalue weighted by molar-refractivity contribution is 0.546. The average Bonchev–Trinajstić information content (AvgIpc) is 3.64. The number of benzene rings is 6. The van der Waals surface area contributed by atoms with Crippen molar-refractivity contribution in [3.63, 3.8) is 0 Å². The average molecular weight is 564 g/mol. The number of nitrogens with zero attached hydrogens (tertiary/aromatic N) is 1. The molecule has 6 aromatic carbocycles. The Hall–Kier alpha value is -5.60. The molecule has 0 atom stereocenters. The fourth-order valence-corrected chi connectivity index (χ4v) is 6.91. The van der Waals surface area contributed by atoms with E-state index in [0.29, 0.717) is 0 Å². The Bertz CT molecular complexity index is 2330. The fraction of sp³-hybridized carbons (Fsp3) is 0.0476. The van der Waals surface area contributed by atoms with Crippen LogP contribution in [0.4, 0.5) is 0 Å². The van der Waals surface area contributed by atoms with E-state index in [-0.39, 0.29) is 0 Å². The van der Waals surface area contributed by atoms with Crippen LogP contribution in [0.15, 0.2) is 150 Å². The van der Waals surface area contributed by atoms with Crippen molar-refractivity contribution in [2.24, 2.45) is 0 Å². The maximum Gasteiger partial charge on any atom is 0.134 e. The summed E-state index contributed by atoms with van der Waals surface area (Å²) < 4.78 is 8.61. The Balaban J connectivity index is 1.23. The molecule has 2 aromatic heterocycles. The van der Waals surface area contributed by atoms with Gasteiger partial charge in [-0.15, -0.1) is 0 Å². The summed E-state index contributed by atoms with van der Waals surface area (Å²) in [5, 5.41) is 3.73. The van der Waals surface area contributed by atoms with E-state index in [0.717, 1.165) is 29.9 Å². The number of rotatable bonds is 4. The molecule has 0 radical (unpaired) electrons. The van der Waals surface area contributed by atoms with Gasteiger partial charge in [0, 0.05) is 33.8 Å². The second-order valence-electron chi connectivity index (χ2n) is 11.7. The molecule has 8 aromatic rings. The largest absolute Gasteiger partial charge is 0.460 e. The van der Waals surface area contributed by atoms with Gasteiger partial charge in [0.05, 0.1) is 11.0 Å². The number of hydrogen-bond acceptors (Lipinski definition) is 1. The van der Waals surface area contributed by atoms with Crippen LogP contribution in [0.25, 0.3) is 77.9 Å². The topological polar surface area (TPSA) is 18.1 Å². The molecule has 0 bridgehead atoms. The summed E-state index contributed by atoms with van der Waals surface area (Å²) in [5.74, 6) is 1.10. The first-order chi connectivity index (χ1) is 21.8. The van der Waals surface area contributed by atoms with Crippen molar-refractivity contribution in [3.05, 3.63) is 157 Å². The highest BCUT2D eigenvalue weighted by Gasteiger charge is 2.17. The van der Waals surface area contributed by atoms with Gasteiger partial charge in [-0.1, -0.05) is 97.1 Å². The van der Waals surface area contributed by atoms with Crippen LogP contribution >= 0.6 is 0 Å². The molecule has 1 aliphatic rings. The molecule has 0 saturated heterocycles. The number of allylic oxidation sites excluding steroid dienone is 1. The molecule has 0 spiro atoms. The van der Waals surface area contributed by atoms with Crippen molar-refractivity contribution in [2.45, 2.75) is 12.8 Å². The van der Waals surface area contributed by atoms with Crippen molar-refractivity contribution in [1.29, 1.82) is 0 Å². The molecule has 0 unspecified atom stereocenters. The zero-order valence-electron chi connectivity index (χ0n) is 24.2. The van der Waals surface area contributed by atoms with Crippen LogP contribution in [0, 0.1) is 0 Å². The maximum atomic E-state index is 6.22. The quantitative estimate of drug-likeness (QED) is 0.208. The van der Waals surface area contributed by atoms with Crippen molar-refractivity contribution in [3.8, 4) is 39.1 Å². The van der Waals surface area contributed by atoms with Gasteiger partial charge in [-0.3, -0.25) is 0 Å². The molecule has 0 saturated carbocycles. The minimum atomic E-state index is 0.962. The Morgan fingerprint density at radius 2 is 1.11 bits per heavy atom. The zero-order chi connectivity index (χ0) is 29.0. The van der Waals surface area contributed by atoms with Crippen LogP contribution in [0.3, 0.4) is 0 Å². The lowest BCUT2D eigenvalue weighted by Gasteiger charge is -2.14. The zero-order valence-corrected chi connectivity index (χ0v) is 24.2. The number of aryl methyl sites for hydroxylation is 1. The molecule has 2 nitrogen and oxygen atoms in total. The molecule has 208 valence electrons. The van der Waals surface area contributed by atoms with Gasteiger partial charge >= 0.3 is 0 Å². The van der Waals surface area contributed by atoms with Gasteiger partial charge in [0.2, 0.25) is 0 Å². The number of fused-ring (bicyclic) bond motifs is 6. The third-order valence-corrected chi connectivity index (χ3v) is 9.02. The second-order valence-corrected chi connectivity index (χ2v) is 11.7. The third-order valence-electron chi connectivity index (χ3n) is 9.02. The highest BCUT2D eigenvalue weighted by Crippen LogP contribution is 2.38. The second kappa shape index (κ2) is 10.00. The summed E-state index contributed by atoms with van der Waals surface area (Å²) in [5.41, 5.74) is 13.0. The summed E-state index contributed by atoms with van der Waals surface area (Å²) in [6.07, 6.45) is 6.48. The highest BCUT2D eigenvalue weighted by molar-refractivity contribution is 6.09. The van der Waals surface area contributed by atoms with Crippen molar-refractivity contribution >= 4 is 38.9 Å². The maximum absolute atomic E-state index is 6.22. The van der Waals surface area contributed by atoms with E-state index in [1.54, 1.807) is 0 Å². The van der Waals surface area contributed by atoms with E-state index < -0.39 is 0 Å². The molecular weight excluding hydrogens is 534 g/mol. The molecule has 2 heterocycles. The third kappa shape index (κ3) is 4.03. The minimum absolute atomic E-state index is 0.962. The van der Waals surface area contributed by atoms with Gasteiger partial charge in [0.1, 0.15) is 11.3 Å². The van der Waals surface area contributed by atoms with Crippen LogP contribution in [0.1, 0.15) is 17.7 Å². The van der Waals surface area contributed by atoms with Crippen LogP contribution in [0.5, 0.6) is 0 Å². The van der Waals surface area contributed by atoms with Gasteiger partial charge in [-0.25, -0.2) is 0 Å². The van der Waals surface area contributed by atoms with Crippen LogP contribution in [0.2, 0.25) is 0 Å². The smallest absolute Gasteiger partial charge is 0.134 e. The number of para-hydroxylation sites is 2. The number of hydrogen-bond donors (Lipinski definition) is 0.